The van der Waals surface area contributed by atoms with Crippen LogP contribution in [0.5, 0.6) is 0 Å². The molecule has 0 unspecified atom stereocenters. The van der Waals surface area contributed by atoms with E-state index >= 15 is 0 Å². The molecule has 1 amide bonds. The molecule has 0 saturated carbocycles. The molecule has 2 aromatic heterocycles. The van der Waals surface area contributed by atoms with E-state index < -0.39 is 17.1 Å². The highest BCUT2D eigenvalue weighted by molar-refractivity contribution is 7.18. The van der Waals surface area contributed by atoms with Crippen molar-refractivity contribution in [2.75, 3.05) is 6.54 Å². The Bertz CT molecular complexity index is 1590. The van der Waals surface area contributed by atoms with Gasteiger partial charge in [-0.1, -0.05) is 35.9 Å². The fraction of sp³-hybridized carbons (Fsp3) is 0.240. The molecule has 0 bridgehead atoms. The predicted octanol–water partition coefficient (Wildman–Crippen LogP) is 4.27. The Morgan fingerprint density at radius 3 is 2.68 bits per heavy atom. The summed E-state index contributed by atoms with van der Waals surface area (Å²) in [5.41, 5.74) is 1.31. The van der Waals surface area contributed by atoms with Crippen molar-refractivity contribution in [3.63, 3.8) is 0 Å². The summed E-state index contributed by atoms with van der Waals surface area (Å²) in [6.45, 7) is 4.17. The van der Waals surface area contributed by atoms with E-state index in [0.29, 0.717) is 51.6 Å². The number of aryl methyl sites for hydroxylation is 1. The molecule has 34 heavy (non-hydrogen) atoms. The van der Waals surface area contributed by atoms with Gasteiger partial charge in [0.2, 0.25) is 5.91 Å². The molecular formula is C25H21ClFN3O3S. The maximum atomic E-state index is 14.6. The second-order valence-corrected chi connectivity index (χ2v) is 9.93. The van der Waals surface area contributed by atoms with Gasteiger partial charge >= 0.3 is 5.69 Å². The molecule has 0 radical (unpaired) electrons. The number of carbonyl (C=O) groups excluding carboxylic acids is 1. The van der Waals surface area contributed by atoms with Gasteiger partial charge in [0.25, 0.3) is 5.56 Å². The van der Waals surface area contributed by atoms with E-state index in [1.54, 1.807) is 48.2 Å². The Hall–Kier alpha value is -3.23. The summed E-state index contributed by atoms with van der Waals surface area (Å²) in [5.74, 6) is -0.470. The summed E-state index contributed by atoms with van der Waals surface area (Å²) in [6, 6.07) is 11.3. The third-order valence-corrected chi connectivity index (χ3v) is 7.74. The number of thiophene rings is 1. The van der Waals surface area contributed by atoms with Gasteiger partial charge in [-0.2, -0.15) is 0 Å². The van der Waals surface area contributed by atoms with E-state index in [1.165, 1.54) is 28.9 Å². The van der Waals surface area contributed by atoms with Crippen LogP contribution in [0.4, 0.5) is 4.39 Å². The first kappa shape index (κ1) is 22.6. The summed E-state index contributed by atoms with van der Waals surface area (Å²) in [5, 5.41) is 0.843. The van der Waals surface area contributed by atoms with Gasteiger partial charge < -0.3 is 4.90 Å². The fourth-order valence-electron chi connectivity index (χ4n) is 4.45. The molecule has 6 nitrogen and oxygen atoms in total. The second-order valence-electron chi connectivity index (χ2n) is 8.41. The molecule has 1 aliphatic heterocycles. The number of halogens is 2. The van der Waals surface area contributed by atoms with E-state index in [2.05, 4.69) is 0 Å². The van der Waals surface area contributed by atoms with Crippen LogP contribution in [0.2, 0.25) is 5.02 Å². The monoisotopic (exact) mass is 497 g/mol. The van der Waals surface area contributed by atoms with E-state index in [4.69, 9.17) is 11.6 Å². The van der Waals surface area contributed by atoms with E-state index in [0.717, 1.165) is 15.0 Å². The van der Waals surface area contributed by atoms with Crippen molar-refractivity contribution in [3.8, 4) is 5.69 Å². The lowest BCUT2D eigenvalue weighted by atomic mass is 10.1. The van der Waals surface area contributed by atoms with Crippen LogP contribution in [-0.2, 0) is 24.3 Å². The fourth-order valence-corrected chi connectivity index (χ4v) is 5.96. The van der Waals surface area contributed by atoms with Gasteiger partial charge in [-0.3, -0.25) is 14.2 Å². The third-order valence-electron chi connectivity index (χ3n) is 6.27. The summed E-state index contributed by atoms with van der Waals surface area (Å²) < 4.78 is 17.1. The predicted molar refractivity (Wildman–Crippen MR) is 132 cm³/mol. The first-order valence-electron chi connectivity index (χ1n) is 10.8. The number of amides is 1. The number of aromatic nitrogens is 2. The number of benzene rings is 2. The Balaban J connectivity index is 1.84. The molecular weight excluding hydrogens is 477 g/mol. The first-order chi connectivity index (χ1) is 16.3. The van der Waals surface area contributed by atoms with Gasteiger partial charge in [0, 0.05) is 28.9 Å². The molecule has 0 saturated heterocycles. The summed E-state index contributed by atoms with van der Waals surface area (Å²) in [7, 11) is 0. The van der Waals surface area contributed by atoms with Crippen LogP contribution >= 0.6 is 22.9 Å². The maximum absolute atomic E-state index is 14.6. The average Bonchev–Trinajstić information content (AvgIpc) is 3.19. The smallest absolute Gasteiger partial charge is 0.337 e. The minimum absolute atomic E-state index is 0.0300. The van der Waals surface area contributed by atoms with E-state index in [1.807, 2.05) is 0 Å². The molecule has 5 rings (SSSR count). The first-order valence-corrected chi connectivity index (χ1v) is 12.0. The van der Waals surface area contributed by atoms with Crippen LogP contribution in [0.25, 0.3) is 15.9 Å². The van der Waals surface area contributed by atoms with Gasteiger partial charge in [-0.15, -0.1) is 11.3 Å². The SMILES string of the molecule is CC(=O)N1CCc2c(sc3c2c(=O)n(-c2cc(Cl)ccc2C)c(=O)n3Cc2ccccc2F)C1. The standard InChI is InChI=1S/C25H21ClFN3O3S/c1-14-7-8-17(26)11-20(14)30-23(32)22-18-9-10-28(15(2)31)13-21(18)34-24(22)29(25(30)33)12-16-5-3-4-6-19(16)27/h3-8,11H,9-10,12-13H2,1-2H3. The number of rotatable bonds is 3. The summed E-state index contributed by atoms with van der Waals surface area (Å²) in [6.07, 6.45) is 0.510. The number of nitrogens with zero attached hydrogens (tertiary/aromatic N) is 3. The molecule has 4 aromatic rings. The lowest BCUT2D eigenvalue weighted by Gasteiger charge is -2.25. The lowest BCUT2D eigenvalue weighted by Crippen LogP contribution is -2.39. The van der Waals surface area contributed by atoms with Gasteiger partial charge in [0.05, 0.1) is 24.2 Å². The molecule has 0 atom stereocenters. The van der Waals surface area contributed by atoms with Gasteiger partial charge in [0.1, 0.15) is 10.6 Å². The minimum atomic E-state index is -0.562. The number of hydrogen-bond donors (Lipinski definition) is 0. The Morgan fingerprint density at radius 2 is 1.94 bits per heavy atom. The maximum Gasteiger partial charge on any atom is 0.337 e. The second kappa shape index (κ2) is 8.52. The van der Waals surface area contributed by atoms with Crippen molar-refractivity contribution in [3.05, 3.63) is 95.7 Å². The highest BCUT2D eigenvalue weighted by Gasteiger charge is 2.28. The van der Waals surface area contributed by atoms with Crippen LogP contribution < -0.4 is 11.2 Å². The zero-order valence-corrected chi connectivity index (χ0v) is 20.2. The van der Waals surface area contributed by atoms with Crippen LogP contribution in [-0.4, -0.2) is 26.5 Å². The van der Waals surface area contributed by atoms with E-state index in [-0.39, 0.29) is 12.5 Å². The molecule has 0 fully saturated rings. The Kier molecular flexibility index (Phi) is 5.65. The molecule has 0 spiro atoms. The normalized spacial score (nSPS) is 13.4. The third kappa shape index (κ3) is 3.67. The highest BCUT2D eigenvalue weighted by atomic mass is 35.5. The summed E-state index contributed by atoms with van der Waals surface area (Å²) in [4.78, 5) is 42.6. The van der Waals surface area contributed by atoms with Crippen LogP contribution in [0.1, 0.15) is 28.5 Å². The number of fused-ring (bicyclic) bond motifs is 3. The molecule has 2 aromatic carbocycles. The van der Waals surface area contributed by atoms with Crippen molar-refractivity contribution in [1.82, 2.24) is 14.0 Å². The topological polar surface area (TPSA) is 64.3 Å². The largest absolute Gasteiger partial charge is 0.337 e. The van der Waals surface area contributed by atoms with Crippen LogP contribution in [0.3, 0.4) is 0 Å². The van der Waals surface area contributed by atoms with Crippen molar-refractivity contribution in [2.45, 2.75) is 33.4 Å². The zero-order chi connectivity index (χ0) is 24.1. The Morgan fingerprint density at radius 1 is 1.18 bits per heavy atom. The van der Waals surface area contributed by atoms with Crippen molar-refractivity contribution in [2.24, 2.45) is 0 Å². The van der Waals surface area contributed by atoms with Crippen molar-refractivity contribution < 1.29 is 9.18 Å². The quantitative estimate of drug-likeness (QED) is 0.424. The van der Waals surface area contributed by atoms with Gasteiger partial charge in [-0.05, 0) is 42.7 Å². The van der Waals surface area contributed by atoms with Crippen molar-refractivity contribution >= 4 is 39.1 Å². The van der Waals surface area contributed by atoms with Crippen molar-refractivity contribution in [1.29, 1.82) is 0 Å². The van der Waals surface area contributed by atoms with Gasteiger partial charge in [0.15, 0.2) is 0 Å². The number of carbonyl (C=O) groups is 1. The molecule has 174 valence electrons. The molecule has 0 aliphatic carbocycles. The number of hydrogen-bond acceptors (Lipinski definition) is 4. The zero-order valence-electron chi connectivity index (χ0n) is 18.6. The van der Waals surface area contributed by atoms with Gasteiger partial charge in [-0.25, -0.2) is 13.8 Å². The minimum Gasteiger partial charge on any atom is -0.337 e. The van der Waals surface area contributed by atoms with E-state index in [9.17, 15) is 18.8 Å². The average molecular weight is 498 g/mol. The highest BCUT2D eigenvalue weighted by Crippen LogP contribution is 2.34. The van der Waals surface area contributed by atoms with Crippen LogP contribution in [0, 0.1) is 12.7 Å². The lowest BCUT2D eigenvalue weighted by molar-refractivity contribution is -0.129. The summed E-state index contributed by atoms with van der Waals surface area (Å²) >= 11 is 7.53. The Labute approximate surface area is 203 Å². The molecule has 0 N–H and O–H groups in total. The molecule has 3 heterocycles. The molecule has 1 aliphatic rings. The molecule has 9 heteroatoms. The van der Waals surface area contributed by atoms with Crippen LogP contribution in [0.15, 0.2) is 52.1 Å².